The lowest BCUT2D eigenvalue weighted by atomic mass is 10.0. The Balaban J connectivity index is 1.89. The molecule has 1 saturated carbocycles. The molecule has 0 aromatic heterocycles. The monoisotopic (exact) mass is 235 g/mol. The van der Waals surface area contributed by atoms with Crippen LogP contribution in [0.1, 0.15) is 24.0 Å². The van der Waals surface area contributed by atoms with E-state index < -0.39 is 0 Å². The molecule has 1 aromatic rings. The van der Waals surface area contributed by atoms with Gasteiger partial charge in [0.15, 0.2) is 11.5 Å². The first-order chi connectivity index (χ1) is 8.08. The number of carbonyl (C=O) groups is 1. The van der Waals surface area contributed by atoms with E-state index in [0.717, 1.165) is 24.0 Å². The number of aromatic hydroxyl groups is 2. The second-order valence-corrected chi connectivity index (χ2v) is 4.58. The number of aryl methyl sites for hydroxylation is 1. The van der Waals surface area contributed by atoms with E-state index in [0.29, 0.717) is 13.0 Å². The molecule has 4 heteroatoms. The van der Waals surface area contributed by atoms with Gasteiger partial charge in [-0.3, -0.25) is 4.79 Å². The quantitative estimate of drug-likeness (QED) is 0.692. The lowest BCUT2D eigenvalue weighted by molar-refractivity contribution is -0.122. The summed E-state index contributed by atoms with van der Waals surface area (Å²) in [7, 11) is 0. The van der Waals surface area contributed by atoms with Crippen LogP contribution < -0.4 is 5.32 Å². The van der Waals surface area contributed by atoms with Crippen LogP contribution in [0.25, 0.3) is 0 Å². The summed E-state index contributed by atoms with van der Waals surface area (Å²) in [6.07, 6.45) is 2.67. The van der Waals surface area contributed by atoms with Crippen molar-refractivity contribution in [2.75, 3.05) is 6.54 Å². The predicted molar refractivity (Wildman–Crippen MR) is 63.9 cm³/mol. The molecule has 0 aliphatic heterocycles. The van der Waals surface area contributed by atoms with E-state index in [9.17, 15) is 15.0 Å². The van der Waals surface area contributed by atoms with Gasteiger partial charge in [0.25, 0.3) is 0 Å². The van der Waals surface area contributed by atoms with Crippen molar-refractivity contribution in [3.8, 4) is 11.5 Å². The number of carbonyl (C=O) groups excluding carboxylic acids is 1. The molecule has 0 saturated heterocycles. The van der Waals surface area contributed by atoms with Crippen LogP contribution in [0.4, 0.5) is 0 Å². The topological polar surface area (TPSA) is 69.6 Å². The van der Waals surface area contributed by atoms with Crippen LogP contribution in [-0.4, -0.2) is 22.7 Å². The molecule has 17 heavy (non-hydrogen) atoms. The van der Waals surface area contributed by atoms with Gasteiger partial charge in [0.1, 0.15) is 0 Å². The lowest BCUT2D eigenvalue weighted by Gasteiger charge is -2.09. The SMILES string of the molecule is Cc1cc(O)c(O)cc1CCNC(=O)C1CC1. The van der Waals surface area contributed by atoms with Crippen molar-refractivity contribution in [1.29, 1.82) is 0 Å². The summed E-state index contributed by atoms with van der Waals surface area (Å²) >= 11 is 0. The maximum atomic E-state index is 11.4. The van der Waals surface area contributed by atoms with Crippen molar-refractivity contribution >= 4 is 5.91 Å². The molecule has 1 aliphatic carbocycles. The molecule has 0 bridgehead atoms. The van der Waals surface area contributed by atoms with Gasteiger partial charge in [-0.15, -0.1) is 0 Å². The highest BCUT2D eigenvalue weighted by Gasteiger charge is 2.28. The average molecular weight is 235 g/mol. The smallest absolute Gasteiger partial charge is 0.223 e. The summed E-state index contributed by atoms with van der Waals surface area (Å²) in [5.41, 5.74) is 1.86. The zero-order valence-electron chi connectivity index (χ0n) is 9.86. The first-order valence-corrected chi connectivity index (χ1v) is 5.87. The van der Waals surface area contributed by atoms with Gasteiger partial charge in [0.2, 0.25) is 5.91 Å². The Morgan fingerprint density at radius 1 is 1.35 bits per heavy atom. The lowest BCUT2D eigenvalue weighted by Crippen LogP contribution is -2.27. The van der Waals surface area contributed by atoms with Gasteiger partial charge in [-0.05, 0) is 49.4 Å². The van der Waals surface area contributed by atoms with Crippen molar-refractivity contribution in [1.82, 2.24) is 5.32 Å². The highest BCUT2D eigenvalue weighted by Crippen LogP contribution is 2.29. The van der Waals surface area contributed by atoms with Crippen molar-refractivity contribution in [2.45, 2.75) is 26.2 Å². The van der Waals surface area contributed by atoms with Crippen LogP contribution in [0.5, 0.6) is 11.5 Å². The normalized spacial score (nSPS) is 14.6. The molecule has 1 fully saturated rings. The minimum Gasteiger partial charge on any atom is -0.504 e. The van der Waals surface area contributed by atoms with Gasteiger partial charge < -0.3 is 15.5 Å². The Morgan fingerprint density at radius 2 is 2.00 bits per heavy atom. The first-order valence-electron chi connectivity index (χ1n) is 5.87. The number of hydrogen-bond donors (Lipinski definition) is 3. The number of hydrogen-bond acceptors (Lipinski definition) is 3. The fourth-order valence-corrected chi connectivity index (χ4v) is 1.80. The van der Waals surface area contributed by atoms with E-state index in [4.69, 9.17) is 0 Å². The van der Waals surface area contributed by atoms with Gasteiger partial charge in [-0.2, -0.15) is 0 Å². The van der Waals surface area contributed by atoms with Crippen LogP contribution in [0.15, 0.2) is 12.1 Å². The molecule has 0 atom stereocenters. The fraction of sp³-hybridized carbons (Fsp3) is 0.462. The van der Waals surface area contributed by atoms with Gasteiger partial charge in [0.05, 0.1) is 0 Å². The highest BCUT2D eigenvalue weighted by atomic mass is 16.3. The van der Waals surface area contributed by atoms with Crippen LogP contribution >= 0.6 is 0 Å². The van der Waals surface area contributed by atoms with Crippen molar-refractivity contribution < 1.29 is 15.0 Å². The summed E-state index contributed by atoms with van der Waals surface area (Å²) in [5.74, 6) is 0.141. The molecule has 0 spiro atoms. The van der Waals surface area contributed by atoms with Crippen LogP contribution in [0, 0.1) is 12.8 Å². The molecule has 0 heterocycles. The number of rotatable bonds is 4. The first kappa shape index (κ1) is 11.8. The standard InChI is InChI=1S/C13H17NO3/c1-8-6-11(15)12(16)7-10(8)4-5-14-13(17)9-2-3-9/h6-7,9,15-16H,2-5H2,1H3,(H,14,17). The number of amides is 1. The summed E-state index contributed by atoms with van der Waals surface area (Å²) in [5, 5.41) is 21.6. The van der Waals surface area contributed by atoms with Gasteiger partial charge in [0, 0.05) is 12.5 Å². The molecular weight excluding hydrogens is 218 g/mol. The summed E-state index contributed by atoms with van der Waals surface area (Å²) in [6, 6.07) is 3.08. The summed E-state index contributed by atoms with van der Waals surface area (Å²) in [4.78, 5) is 11.4. The molecular formula is C13H17NO3. The fourth-order valence-electron chi connectivity index (χ4n) is 1.80. The molecule has 4 nitrogen and oxygen atoms in total. The van der Waals surface area contributed by atoms with E-state index in [-0.39, 0.29) is 23.3 Å². The van der Waals surface area contributed by atoms with Crippen molar-refractivity contribution in [3.05, 3.63) is 23.3 Å². The van der Waals surface area contributed by atoms with Gasteiger partial charge >= 0.3 is 0 Å². The van der Waals surface area contributed by atoms with Crippen LogP contribution in [0.2, 0.25) is 0 Å². The zero-order valence-corrected chi connectivity index (χ0v) is 9.86. The third-order valence-corrected chi connectivity index (χ3v) is 3.07. The third kappa shape index (κ3) is 2.90. The van der Waals surface area contributed by atoms with Gasteiger partial charge in [-0.25, -0.2) is 0 Å². The van der Waals surface area contributed by atoms with E-state index >= 15 is 0 Å². The maximum absolute atomic E-state index is 11.4. The Morgan fingerprint density at radius 3 is 2.65 bits per heavy atom. The molecule has 2 rings (SSSR count). The predicted octanol–water partition coefficient (Wildman–Crippen LogP) is 1.47. The Bertz CT molecular complexity index is 439. The van der Waals surface area contributed by atoms with E-state index in [1.54, 1.807) is 6.07 Å². The number of phenols is 2. The molecule has 1 amide bonds. The third-order valence-electron chi connectivity index (χ3n) is 3.07. The van der Waals surface area contributed by atoms with E-state index in [2.05, 4.69) is 5.32 Å². The molecule has 92 valence electrons. The second-order valence-electron chi connectivity index (χ2n) is 4.58. The second kappa shape index (κ2) is 4.65. The summed E-state index contributed by atoms with van der Waals surface area (Å²) < 4.78 is 0. The largest absolute Gasteiger partial charge is 0.504 e. The molecule has 1 aromatic carbocycles. The Kier molecular flexibility index (Phi) is 3.22. The molecule has 3 N–H and O–H groups in total. The maximum Gasteiger partial charge on any atom is 0.223 e. The summed E-state index contributed by atoms with van der Waals surface area (Å²) in [6.45, 7) is 2.44. The zero-order chi connectivity index (χ0) is 12.4. The molecule has 0 radical (unpaired) electrons. The van der Waals surface area contributed by atoms with Crippen molar-refractivity contribution in [3.63, 3.8) is 0 Å². The number of phenolic OH excluding ortho intramolecular Hbond substituents is 2. The van der Waals surface area contributed by atoms with E-state index in [1.165, 1.54) is 6.07 Å². The molecule has 0 unspecified atom stereocenters. The van der Waals surface area contributed by atoms with Crippen LogP contribution in [-0.2, 0) is 11.2 Å². The minimum atomic E-state index is -0.112. The van der Waals surface area contributed by atoms with E-state index in [1.807, 2.05) is 6.92 Å². The Hall–Kier alpha value is -1.71. The average Bonchev–Trinajstić information content (AvgIpc) is 3.09. The highest BCUT2D eigenvalue weighted by molar-refractivity contribution is 5.80. The Labute approximate surface area is 100 Å². The van der Waals surface area contributed by atoms with Gasteiger partial charge in [-0.1, -0.05) is 0 Å². The molecule has 1 aliphatic rings. The van der Waals surface area contributed by atoms with Crippen molar-refractivity contribution in [2.24, 2.45) is 5.92 Å². The minimum absolute atomic E-state index is 0.103. The number of benzene rings is 1. The number of nitrogens with one attached hydrogen (secondary N) is 1. The van der Waals surface area contributed by atoms with Crippen LogP contribution in [0.3, 0.4) is 0 Å².